The fourth-order valence-corrected chi connectivity index (χ4v) is 2.11. The highest BCUT2D eigenvalue weighted by Gasteiger charge is 2.32. The number of cyclic esters (lactones) is 1. The first-order chi connectivity index (χ1) is 5.20. The van der Waals surface area contributed by atoms with E-state index in [4.69, 9.17) is 9.47 Å². The Bertz CT molecular complexity index is 214. The molecule has 0 aromatic carbocycles. The maximum atomic E-state index is 10.9. The molecule has 0 aromatic heterocycles. The second-order valence-corrected chi connectivity index (χ2v) is 3.50. The van der Waals surface area contributed by atoms with Crippen molar-refractivity contribution in [2.75, 3.05) is 13.4 Å². The van der Waals surface area contributed by atoms with Crippen molar-refractivity contribution in [3.05, 3.63) is 9.39 Å². The first kappa shape index (κ1) is 9.09. The Labute approximate surface area is 77.2 Å². The predicted octanol–water partition coefficient (Wildman–Crippen LogP) is 1.49. The molecule has 0 aliphatic carbocycles. The largest absolute Gasteiger partial charge is 0.427 e. The normalized spacial score (nSPS) is 24.3. The van der Waals surface area contributed by atoms with E-state index in [0.29, 0.717) is 4.48 Å². The Morgan fingerprint density at radius 1 is 1.73 bits per heavy atom. The third-order valence-corrected chi connectivity index (χ3v) is 3.11. The first-order valence-corrected chi connectivity index (χ1v) is 4.90. The predicted molar refractivity (Wildman–Crippen MR) is 46.4 cm³/mol. The van der Waals surface area contributed by atoms with Gasteiger partial charge in [0, 0.05) is 7.11 Å². The number of esters is 1. The molecule has 3 nitrogen and oxygen atoms in total. The van der Waals surface area contributed by atoms with E-state index in [1.165, 1.54) is 18.9 Å². The molecule has 1 aliphatic rings. The topological polar surface area (TPSA) is 35.5 Å². The highest BCUT2D eigenvalue weighted by Crippen LogP contribution is 2.33. The Balaban J connectivity index is 2.86. The van der Waals surface area contributed by atoms with E-state index in [2.05, 4.69) is 15.9 Å². The van der Waals surface area contributed by atoms with Gasteiger partial charge in [0.15, 0.2) is 0 Å². The van der Waals surface area contributed by atoms with Crippen LogP contribution in [0, 0.1) is 0 Å². The molecule has 1 unspecified atom stereocenters. The van der Waals surface area contributed by atoms with Gasteiger partial charge in [-0.15, -0.1) is 11.8 Å². The molecule has 1 heterocycles. The summed E-state index contributed by atoms with van der Waals surface area (Å²) in [5.41, 5.74) is 0. The summed E-state index contributed by atoms with van der Waals surface area (Å²) < 4.78 is 10.2. The van der Waals surface area contributed by atoms with E-state index >= 15 is 0 Å². The minimum absolute atomic E-state index is 0.360. The fraction of sp³-hybridized carbons (Fsp3) is 0.500. The van der Waals surface area contributed by atoms with Gasteiger partial charge >= 0.3 is 5.97 Å². The number of ether oxygens (including phenoxy) is 2. The van der Waals surface area contributed by atoms with E-state index < -0.39 is 6.29 Å². The van der Waals surface area contributed by atoms with Crippen molar-refractivity contribution in [3.63, 3.8) is 0 Å². The summed E-state index contributed by atoms with van der Waals surface area (Å²) in [5, 5.41) is 0. The lowest BCUT2D eigenvalue weighted by molar-refractivity contribution is -0.154. The maximum absolute atomic E-state index is 10.9. The van der Waals surface area contributed by atoms with Crippen LogP contribution < -0.4 is 0 Å². The van der Waals surface area contributed by atoms with E-state index in [0.717, 1.165) is 4.91 Å². The van der Waals surface area contributed by atoms with Gasteiger partial charge in [-0.3, -0.25) is 0 Å². The van der Waals surface area contributed by atoms with Gasteiger partial charge in [-0.1, -0.05) is 0 Å². The van der Waals surface area contributed by atoms with Crippen molar-refractivity contribution in [2.24, 2.45) is 0 Å². The summed E-state index contributed by atoms with van der Waals surface area (Å²) >= 11 is 4.55. The van der Waals surface area contributed by atoms with Crippen LogP contribution in [0.25, 0.3) is 0 Å². The zero-order chi connectivity index (χ0) is 8.43. The number of hydrogen-bond donors (Lipinski definition) is 0. The fourth-order valence-electron chi connectivity index (χ4n) is 0.748. The summed E-state index contributed by atoms with van der Waals surface area (Å²) in [6.45, 7) is 0. The molecule has 0 aromatic rings. The van der Waals surface area contributed by atoms with Gasteiger partial charge in [0.25, 0.3) is 0 Å². The average molecular weight is 239 g/mol. The molecule has 0 radical (unpaired) electrons. The molecule has 0 saturated heterocycles. The summed E-state index contributed by atoms with van der Waals surface area (Å²) in [4.78, 5) is 11.7. The summed E-state index contributed by atoms with van der Waals surface area (Å²) in [6, 6.07) is 0. The number of carbonyl (C=O) groups excluding carboxylic acids is 1. The lowest BCUT2D eigenvalue weighted by Crippen LogP contribution is -2.12. The number of hydrogen-bond acceptors (Lipinski definition) is 4. The highest BCUT2D eigenvalue weighted by molar-refractivity contribution is 9.12. The van der Waals surface area contributed by atoms with E-state index in [1.807, 2.05) is 6.26 Å². The van der Waals surface area contributed by atoms with Crippen LogP contribution >= 0.6 is 27.7 Å². The lowest BCUT2D eigenvalue weighted by atomic mass is 10.5. The molecule has 0 N–H and O–H groups in total. The van der Waals surface area contributed by atoms with Gasteiger partial charge in [-0.25, -0.2) is 4.79 Å². The van der Waals surface area contributed by atoms with Gasteiger partial charge in [-0.2, -0.15) is 0 Å². The molecule has 0 bridgehead atoms. The summed E-state index contributed by atoms with van der Waals surface area (Å²) in [6.07, 6.45) is 1.34. The molecule has 0 fully saturated rings. The van der Waals surface area contributed by atoms with Crippen molar-refractivity contribution < 1.29 is 14.3 Å². The Kier molecular flexibility index (Phi) is 2.98. The third kappa shape index (κ3) is 1.60. The Hall–Kier alpha value is -0.000000000000000111. The quantitative estimate of drug-likeness (QED) is 0.684. The minimum Gasteiger partial charge on any atom is -0.427 e. The molecule has 11 heavy (non-hydrogen) atoms. The second kappa shape index (κ2) is 3.60. The highest BCUT2D eigenvalue weighted by atomic mass is 79.9. The van der Waals surface area contributed by atoms with Crippen LogP contribution in [-0.2, 0) is 14.3 Å². The monoisotopic (exact) mass is 238 g/mol. The van der Waals surface area contributed by atoms with Crippen LogP contribution in [0.5, 0.6) is 0 Å². The van der Waals surface area contributed by atoms with Crippen LogP contribution in [0.15, 0.2) is 9.39 Å². The van der Waals surface area contributed by atoms with Crippen LogP contribution in [0.4, 0.5) is 0 Å². The van der Waals surface area contributed by atoms with Crippen LogP contribution in [-0.4, -0.2) is 25.6 Å². The molecule has 0 spiro atoms. The van der Waals surface area contributed by atoms with Crippen LogP contribution in [0.1, 0.15) is 0 Å². The van der Waals surface area contributed by atoms with Crippen molar-refractivity contribution in [1.82, 2.24) is 0 Å². The average Bonchev–Trinajstić information content (AvgIpc) is 2.28. The maximum Gasteiger partial charge on any atom is 0.348 e. The van der Waals surface area contributed by atoms with Crippen molar-refractivity contribution >= 4 is 33.7 Å². The smallest absolute Gasteiger partial charge is 0.348 e. The van der Waals surface area contributed by atoms with Gasteiger partial charge in [0.05, 0.1) is 4.91 Å². The van der Waals surface area contributed by atoms with Gasteiger partial charge < -0.3 is 9.47 Å². The molecule has 1 aliphatic heterocycles. The van der Waals surface area contributed by atoms with Gasteiger partial charge in [-0.05, 0) is 22.2 Å². The molecular formula is C6H7BrO3S. The molecule has 0 saturated carbocycles. The number of rotatable bonds is 2. The summed E-state index contributed by atoms with van der Waals surface area (Å²) in [5.74, 6) is -0.360. The minimum atomic E-state index is -0.521. The zero-order valence-electron chi connectivity index (χ0n) is 6.09. The molecule has 5 heteroatoms. The molecule has 1 rings (SSSR count). The third-order valence-electron chi connectivity index (χ3n) is 1.26. The van der Waals surface area contributed by atoms with E-state index in [9.17, 15) is 4.79 Å². The lowest BCUT2D eigenvalue weighted by Gasteiger charge is -2.08. The Morgan fingerprint density at radius 3 is 2.73 bits per heavy atom. The van der Waals surface area contributed by atoms with E-state index in [1.54, 1.807) is 0 Å². The number of methoxy groups -OCH3 is 1. The van der Waals surface area contributed by atoms with Crippen molar-refractivity contribution in [3.8, 4) is 0 Å². The van der Waals surface area contributed by atoms with Gasteiger partial charge in [0.1, 0.15) is 4.48 Å². The van der Waals surface area contributed by atoms with Gasteiger partial charge in [0.2, 0.25) is 6.29 Å². The summed E-state index contributed by atoms with van der Waals surface area (Å²) in [7, 11) is 1.50. The Morgan fingerprint density at radius 2 is 2.36 bits per heavy atom. The molecular weight excluding hydrogens is 232 g/mol. The zero-order valence-corrected chi connectivity index (χ0v) is 8.49. The van der Waals surface area contributed by atoms with Crippen LogP contribution in [0.3, 0.4) is 0 Å². The number of halogens is 1. The van der Waals surface area contributed by atoms with E-state index in [-0.39, 0.29) is 5.97 Å². The first-order valence-electron chi connectivity index (χ1n) is 2.88. The molecule has 0 amide bonds. The number of thioether (sulfide) groups is 1. The molecule has 62 valence electrons. The van der Waals surface area contributed by atoms with Crippen molar-refractivity contribution in [1.29, 1.82) is 0 Å². The molecule has 1 atom stereocenters. The number of carbonyl (C=O) groups is 1. The standard InChI is InChI=1S/C6H7BrO3S/c1-9-6-4(11-2)3(7)5(8)10-6/h6H,1-2H3. The SMILES string of the molecule is COC1OC(=O)C(Br)=C1SC. The van der Waals surface area contributed by atoms with Crippen molar-refractivity contribution in [2.45, 2.75) is 6.29 Å². The second-order valence-electron chi connectivity index (χ2n) is 1.86. The van der Waals surface area contributed by atoms with Crippen LogP contribution in [0.2, 0.25) is 0 Å².